The maximum Gasteiger partial charge on any atom is 0.0843 e. The van der Waals surface area contributed by atoms with Crippen LogP contribution in [0.4, 0.5) is 0 Å². The van der Waals surface area contributed by atoms with E-state index in [1.165, 1.54) is 23.0 Å². The molecule has 114 valence electrons. The van der Waals surface area contributed by atoms with Crippen LogP contribution in [0.1, 0.15) is 32.9 Å². The van der Waals surface area contributed by atoms with Gasteiger partial charge in [0.05, 0.1) is 11.2 Å². The Morgan fingerprint density at radius 1 is 1.33 bits per heavy atom. The van der Waals surface area contributed by atoms with E-state index in [-0.39, 0.29) is 5.54 Å². The lowest BCUT2D eigenvalue weighted by Crippen LogP contribution is -2.61. The number of nitrogens with one attached hydrogen (secondary N) is 1. The van der Waals surface area contributed by atoms with Crippen molar-refractivity contribution in [3.63, 3.8) is 0 Å². The van der Waals surface area contributed by atoms with Crippen LogP contribution in [0.15, 0.2) is 24.3 Å². The average Bonchev–Trinajstić information content (AvgIpc) is 2.76. The van der Waals surface area contributed by atoms with Gasteiger partial charge in [-0.1, -0.05) is 25.1 Å². The largest absolute Gasteiger partial charge is 0.309 e. The highest BCUT2D eigenvalue weighted by Crippen LogP contribution is 2.23. The molecule has 1 unspecified atom stereocenters. The number of benzene rings is 1. The molecule has 1 atom stereocenters. The van der Waals surface area contributed by atoms with Crippen molar-refractivity contribution < 1.29 is 0 Å². The summed E-state index contributed by atoms with van der Waals surface area (Å²) in [5, 5.41) is 9.69. The summed E-state index contributed by atoms with van der Waals surface area (Å²) in [5.74, 6) is 0. The van der Waals surface area contributed by atoms with E-state index >= 15 is 0 Å². The first-order valence-corrected chi connectivity index (χ1v) is 7.90. The maximum absolute atomic E-state index is 4.75. The predicted octanol–water partition coefficient (Wildman–Crippen LogP) is 2.54. The van der Waals surface area contributed by atoms with E-state index in [0.717, 1.165) is 19.6 Å². The van der Waals surface area contributed by atoms with Gasteiger partial charge in [-0.3, -0.25) is 9.58 Å². The monoisotopic (exact) mass is 286 g/mol. The molecule has 0 amide bonds. The highest BCUT2D eigenvalue weighted by atomic mass is 15.3. The molecule has 1 aliphatic heterocycles. The second-order valence-electron chi connectivity index (χ2n) is 6.82. The van der Waals surface area contributed by atoms with E-state index in [1.807, 2.05) is 11.7 Å². The zero-order valence-electron chi connectivity index (χ0n) is 13.6. The number of rotatable bonds is 3. The van der Waals surface area contributed by atoms with Gasteiger partial charge in [-0.25, -0.2) is 0 Å². The van der Waals surface area contributed by atoms with Gasteiger partial charge < -0.3 is 5.32 Å². The van der Waals surface area contributed by atoms with Gasteiger partial charge in [0, 0.05) is 43.6 Å². The normalized spacial score (nSPS) is 22.8. The van der Waals surface area contributed by atoms with E-state index in [0.29, 0.717) is 6.04 Å². The number of hydrogen-bond donors (Lipinski definition) is 1. The fraction of sp³-hybridized carbons (Fsp3) is 0.588. The number of aromatic nitrogens is 2. The summed E-state index contributed by atoms with van der Waals surface area (Å²) in [7, 11) is 2.03. The minimum absolute atomic E-state index is 0.177. The Morgan fingerprint density at radius 3 is 2.86 bits per heavy atom. The van der Waals surface area contributed by atoms with Gasteiger partial charge in [-0.2, -0.15) is 5.10 Å². The first-order valence-electron chi connectivity index (χ1n) is 7.90. The molecule has 3 rings (SSSR count). The van der Waals surface area contributed by atoms with E-state index in [2.05, 4.69) is 55.3 Å². The molecule has 1 aromatic carbocycles. The molecule has 1 N–H and O–H groups in total. The Morgan fingerprint density at radius 2 is 2.10 bits per heavy atom. The minimum Gasteiger partial charge on any atom is -0.309 e. The second-order valence-corrected chi connectivity index (χ2v) is 6.82. The Balaban J connectivity index is 1.89. The molecule has 4 nitrogen and oxygen atoms in total. The van der Waals surface area contributed by atoms with Crippen LogP contribution in [0.25, 0.3) is 10.9 Å². The maximum atomic E-state index is 4.75. The zero-order valence-corrected chi connectivity index (χ0v) is 13.6. The second kappa shape index (κ2) is 5.43. The third-order valence-electron chi connectivity index (χ3n) is 4.59. The molecular weight excluding hydrogens is 260 g/mol. The first kappa shape index (κ1) is 14.5. The standard InChI is InChI=1S/C17H26N4/c1-5-13-10-18-17(2,3)12-21(13)11-15-14-8-6-7-9-16(14)20(4)19-15/h6-9,13,18H,5,10-12H2,1-4H3. The van der Waals surface area contributed by atoms with Crippen molar-refractivity contribution in [1.82, 2.24) is 20.0 Å². The molecule has 0 radical (unpaired) electrons. The number of fused-ring (bicyclic) bond motifs is 1. The van der Waals surface area contributed by atoms with Gasteiger partial charge in [0.2, 0.25) is 0 Å². The Labute approximate surface area is 127 Å². The summed E-state index contributed by atoms with van der Waals surface area (Å²) >= 11 is 0. The van der Waals surface area contributed by atoms with E-state index in [9.17, 15) is 0 Å². The lowest BCUT2D eigenvalue weighted by atomic mass is 9.97. The van der Waals surface area contributed by atoms with Crippen molar-refractivity contribution in [3.05, 3.63) is 30.0 Å². The van der Waals surface area contributed by atoms with Crippen LogP contribution in [-0.2, 0) is 13.6 Å². The Bertz CT molecular complexity index is 629. The summed E-state index contributed by atoms with van der Waals surface area (Å²) in [4.78, 5) is 2.59. The number of para-hydroxylation sites is 1. The molecule has 1 saturated heterocycles. The predicted molar refractivity (Wildman–Crippen MR) is 87.3 cm³/mol. The Kier molecular flexibility index (Phi) is 3.76. The van der Waals surface area contributed by atoms with Crippen molar-refractivity contribution in [2.45, 2.75) is 45.3 Å². The van der Waals surface area contributed by atoms with Gasteiger partial charge >= 0.3 is 0 Å². The summed E-state index contributed by atoms with van der Waals surface area (Å²) in [5.41, 5.74) is 2.59. The first-order chi connectivity index (χ1) is 10.00. The molecule has 2 aromatic rings. The molecule has 1 aromatic heterocycles. The highest BCUT2D eigenvalue weighted by Gasteiger charge is 2.32. The van der Waals surface area contributed by atoms with Crippen LogP contribution < -0.4 is 5.32 Å². The molecule has 1 fully saturated rings. The van der Waals surface area contributed by atoms with E-state index in [4.69, 9.17) is 5.10 Å². The molecule has 0 spiro atoms. The fourth-order valence-corrected chi connectivity index (χ4v) is 3.40. The van der Waals surface area contributed by atoms with E-state index in [1.54, 1.807) is 0 Å². The number of hydrogen-bond acceptors (Lipinski definition) is 3. The van der Waals surface area contributed by atoms with Crippen LogP contribution >= 0.6 is 0 Å². The van der Waals surface area contributed by atoms with Crippen molar-refractivity contribution in [2.75, 3.05) is 13.1 Å². The topological polar surface area (TPSA) is 33.1 Å². The van der Waals surface area contributed by atoms with Crippen LogP contribution in [-0.4, -0.2) is 39.4 Å². The molecule has 0 saturated carbocycles. The smallest absolute Gasteiger partial charge is 0.0843 e. The average molecular weight is 286 g/mol. The van der Waals surface area contributed by atoms with E-state index < -0.39 is 0 Å². The number of aryl methyl sites for hydroxylation is 1. The van der Waals surface area contributed by atoms with Crippen LogP contribution in [0.5, 0.6) is 0 Å². The van der Waals surface area contributed by atoms with Crippen molar-refractivity contribution in [2.24, 2.45) is 7.05 Å². The van der Waals surface area contributed by atoms with Crippen LogP contribution in [0.3, 0.4) is 0 Å². The van der Waals surface area contributed by atoms with Gasteiger partial charge in [-0.15, -0.1) is 0 Å². The zero-order chi connectivity index (χ0) is 15.0. The lowest BCUT2D eigenvalue weighted by molar-refractivity contribution is 0.0849. The van der Waals surface area contributed by atoms with Crippen LogP contribution in [0.2, 0.25) is 0 Å². The molecule has 0 bridgehead atoms. The summed E-state index contributed by atoms with van der Waals surface area (Å²) in [6.45, 7) is 9.90. The quantitative estimate of drug-likeness (QED) is 0.941. The van der Waals surface area contributed by atoms with Crippen molar-refractivity contribution in [3.8, 4) is 0 Å². The molecule has 4 heteroatoms. The SMILES string of the molecule is CCC1CNC(C)(C)CN1Cc1nn(C)c2ccccc12. The summed E-state index contributed by atoms with van der Waals surface area (Å²) in [6, 6.07) is 9.11. The molecule has 0 aliphatic carbocycles. The van der Waals surface area contributed by atoms with Gasteiger partial charge in [0.1, 0.15) is 0 Å². The molecule has 2 heterocycles. The lowest BCUT2D eigenvalue weighted by Gasteiger charge is -2.44. The highest BCUT2D eigenvalue weighted by molar-refractivity contribution is 5.81. The van der Waals surface area contributed by atoms with Gasteiger partial charge in [-0.05, 0) is 26.3 Å². The molecule has 1 aliphatic rings. The van der Waals surface area contributed by atoms with Gasteiger partial charge in [0.25, 0.3) is 0 Å². The van der Waals surface area contributed by atoms with Crippen molar-refractivity contribution >= 4 is 10.9 Å². The summed E-state index contributed by atoms with van der Waals surface area (Å²) in [6.07, 6.45) is 1.17. The minimum atomic E-state index is 0.177. The van der Waals surface area contributed by atoms with Gasteiger partial charge in [0.15, 0.2) is 0 Å². The number of piperazine rings is 1. The molecule has 21 heavy (non-hydrogen) atoms. The fourth-order valence-electron chi connectivity index (χ4n) is 3.40. The third kappa shape index (κ3) is 2.83. The molecular formula is C17H26N4. The third-order valence-corrected chi connectivity index (χ3v) is 4.59. The van der Waals surface area contributed by atoms with Crippen molar-refractivity contribution in [1.29, 1.82) is 0 Å². The number of nitrogens with zero attached hydrogens (tertiary/aromatic N) is 3. The van der Waals surface area contributed by atoms with Crippen LogP contribution in [0, 0.1) is 0 Å². The Hall–Kier alpha value is -1.39. The summed E-state index contributed by atoms with van der Waals surface area (Å²) < 4.78 is 2.00.